The molecule has 1 amide bonds. The summed E-state index contributed by atoms with van der Waals surface area (Å²) in [4.78, 5) is 12.5. The van der Waals surface area contributed by atoms with Crippen LogP contribution in [-0.2, 0) is 6.42 Å². The fourth-order valence-electron chi connectivity index (χ4n) is 3.05. The summed E-state index contributed by atoms with van der Waals surface area (Å²) in [6.45, 7) is 0. The van der Waals surface area contributed by atoms with Crippen LogP contribution in [0, 0.1) is 0 Å². The van der Waals surface area contributed by atoms with Crippen molar-refractivity contribution in [3.8, 4) is 0 Å². The van der Waals surface area contributed by atoms with Crippen LogP contribution in [0.5, 0.6) is 0 Å². The van der Waals surface area contributed by atoms with Gasteiger partial charge in [0.15, 0.2) is 0 Å². The summed E-state index contributed by atoms with van der Waals surface area (Å²) >= 11 is 0. The quantitative estimate of drug-likeness (QED) is 0.902. The van der Waals surface area contributed by atoms with E-state index in [4.69, 9.17) is 0 Å². The van der Waals surface area contributed by atoms with Gasteiger partial charge in [0.1, 0.15) is 0 Å². The Bertz CT molecular complexity index is 600. The lowest BCUT2D eigenvalue weighted by Crippen LogP contribution is -2.33. The summed E-state index contributed by atoms with van der Waals surface area (Å²) in [5.41, 5.74) is 3.14. The fourth-order valence-corrected chi connectivity index (χ4v) is 3.05. The standard InChI is InChI=1S/C19H21NO/c21-19(20-17-11-5-6-12-17)18-13-7-4-10-16(18)14-15-8-2-1-3-9-15/h1-4,7-10,13,17H,5-6,11-12,14H2,(H,20,21). The zero-order valence-electron chi connectivity index (χ0n) is 12.2. The molecule has 2 aromatic carbocycles. The summed E-state index contributed by atoms with van der Waals surface area (Å²) in [5.74, 6) is 0.0773. The Labute approximate surface area is 126 Å². The molecule has 0 spiro atoms. The van der Waals surface area contributed by atoms with Gasteiger partial charge in [-0.15, -0.1) is 0 Å². The van der Waals surface area contributed by atoms with Gasteiger partial charge in [-0.3, -0.25) is 4.79 Å². The summed E-state index contributed by atoms with van der Waals surface area (Å²) in [5, 5.41) is 3.18. The molecule has 0 atom stereocenters. The van der Waals surface area contributed by atoms with E-state index in [0.717, 1.165) is 30.4 Å². The molecule has 0 saturated heterocycles. The van der Waals surface area contributed by atoms with Gasteiger partial charge in [0, 0.05) is 11.6 Å². The van der Waals surface area contributed by atoms with Crippen molar-refractivity contribution in [2.24, 2.45) is 0 Å². The number of amides is 1. The summed E-state index contributed by atoms with van der Waals surface area (Å²) in [6, 6.07) is 18.6. The molecule has 21 heavy (non-hydrogen) atoms. The molecule has 3 rings (SSSR count). The van der Waals surface area contributed by atoms with Gasteiger partial charge in [-0.2, -0.15) is 0 Å². The Balaban J connectivity index is 1.77. The predicted octanol–water partition coefficient (Wildman–Crippen LogP) is 3.95. The van der Waals surface area contributed by atoms with Crippen LogP contribution in [0.15, 0.2) is 54.6 Å². The van der Waals surface area contributed by atoms with E-state index in [-0.39, 0.29) is 5.91 Å². The van der Waals surface area contributed by atoms with Crippen LogP contribution in [0.25, 0.3) is 0 Å². The molecule has 0 radical (unpaired) electrons. The maximum Gasteiger partial charge on any atom is 0.251 e. The molecule has 0 heterocycles. The van der Waals surface area contributed by atoms with Gasteiger partial charge in [0.05, 0.1) is 0 Å². The average molecular weight is 279 g/mol. The van der Waals surface area contributed by atoms with Gasteiger partial charge in [-0.25, -0.2) is 0 Å². The van der Waals surface area contributed by atoms with Crippen molar-refractivity contribution in [2.45, 2.75) is 38.1 Å². The second kappa shape index (κ2) is 6.57. The minimum atomic E-state index is 0.0773. The topological polar surface area (TPSA) is 29.1 Å². The number of nitrogens with one attached hydrogen (secondary N) is 1. The van der Waals surface area contributed by atoms with Crippen molar-refractivity contribution < 1.29 is 4.79 Å². The van der Waals surface area contributed by atoms with Crippen LogP contribution < -0.4 is 5.32 Å². The molecule has 0 unspecified atom stereocenters. The minimum Gasteiger partial charge on any atom is -0.349 e. The first-order valence-corrected chi connectivity index (χ1v) is 7.75. The molecule has 0 aromatic heterocycles. The van der Waals surface area contributed by atoms with E-state index < -0.39 is 0 Å². The van der Waals surface area contributed by atoms with E-state index in [1.807, 2.05) is 36.4 Å². The highest BCUT2D eigenvalue weighted by atomic mass is 16.1. The first-order chi connectivity index (χ1) is 10.3. The first-order valence-electron chi connectivity index (χ1n) is 7.75. The van der Waals surface area contributed by atoms with Gasteiger partial charge >= 0.3 is 0 Å². The first kappa shape index (κ1) is 13.9. The number of hydrogen-bond acceptors (Lipinski definition) is 1. The zero-order chi connectivity index (χ0) is 14.5. The third-order valence-electron chi connectivity index (χ3n) is 4.19. The Hall–Kier alpha value is -2.09. The normalized spacial score (nSPS) is 15.0. The van der Waals surface area contributed by atoms with E-state index in [0.29, 0.717) is 6.04 Å². The fraction of sp³-hybridized carbons (Fsp3) is 0.316. The number of hydrogen-bond donors (Lipinski definition) is 1. The lowest BCUT2D eigenvalue weighted by Gasteiger charge is -2.14. The highest BCUT2D eigenvalue weighted by Gasteiger charge is 2.19. The molecule has 1 N–H and O–H groups in total. The van der Waals surface area contributed by atoms with Gasteiger partial charge in [0.2, 0.25) is 0 Å². The zero-order valence-corrected chi connectivity index (χ0v) is 12.2. The van der Waals surface area contributed by atoms with E-state index in [2.05, 4.69) is 23.5 Å². The van der Waals surface area contributed by atoms with Crippen molar-refractivity contribution in [2.75, 3.05) is 0 Å². The van der Waals surface area contributed by atoms with Crippen LogP contribution >= 0.6 is 0 Å². The second-order valence-corrected chi connectivity index (χ2v) is 5.77. The lowest BCUT2D eigenvalue weighted by molar-refractivity contribution is 0.0937. The third kappa shape index (κ3) is 3.52. The number of rotatable bonds is 4. The lowest BCUT2D eigenvalue weighted by atomic mass is 9.99. The van der Waals surface area contributed by atoms with Crippen molar-refractivity contribution >= 4 is 5.91 Å². The number of benzene rings is 2. The Morgan fingerprint density at radius 2 is 1.62 bits per heavy atom. The Morgan fingerprint density at radius 3 is 2.38 bits per heavy atom. The van der Waals surface area contributed by atoms with Crippen molar-refractivity contribution in [1.29, 1.82) is 0 Å². The summed E-state index contributed by atoms with van der Waals surface area (Å²) in [7, 11) is 0. The largest absolute Gasteiger partial charge is 0.349 e. The molecule has 1 aliphatic carbocycles. The highest BCUT2D eigenvalue weighted by molar-refractivity contribution is 5.96. The molecule has 1 fully saturated rings. The van der Waals surface area contributed by atoms with Crippen LogP contribution in [-0.4, -0.2) is 11.9 Å². The summed E-state index contributed by atoms with van der Waals surface area (Å²) < 4.78 is 0. The van der Waals surface area contributed by atoms with Crippen LogP contribution in [0.2, 0.25) is 0 Å². The molecular weight excluding hydrogens is 258 g/mol. The Morgan fingerprint density at radius 1 is 0.952 bits per heavy atom. The number of carbonyl (C=O) groups excluding carboxylic acids is 1. The molecule has 1 aliphatic rings. The molecule has 0 aliphatic heterocycles. The predicted molar refractivity (Wildman–Crippen MR) is 85.4 cm³/mol. The van der Waals surface area contributed by atoms with Crippen molar-refractivity contribution in [3.05, 3.63) is 71.3 Å². The molecule has 2 heteroatoms. The molecule has 2 aromatic rings. The molecule has 0 bridgehead atoms. The SMILES string of the molecule is O=C(NC1CCCC1)c1ccccc1Cc1ccccc1. The summed E-state index contributed by atoms with van der Waals surface area (Å²) in [6.07, 6.45) is 5.50. The highest BCUT2D eigenvalue weighted by Crippen LogP contribution is 2.19. The van der Waals surface area contributed by atoms with E-state index >= 15 is 0 Å². The van der Waals surface area contributed by atoms with Gasteiger partial charge in [-0.05, 0) is 36.5 Å². The van der Waals surface area contributed by atoms with Crippen LogP contribution in [0.1, 0.15) is 47.2 Å². The smallest absolute Gasteiger partial charge is 0.251 e. The van der Waals surface area contributed by atoms with Crippen LogP contribution in [0.3, 0.4) is 0 Å². The molecule has 2 nitrogen and oxygen atoms in total. The maximum atomic E-state index is 12.5. The van der Waals surface area contributed by atoms with Crippen molar-refractivity contribution in [1.82, 2.24) is 5.32 Å². The monoisotopic (exact) mass is 279 g/mol. The molecule has 108 valence electrons. The van der Waals surface area contributed by atoms with Gasteiger partial charge in [-0.1, -0.05) is 61.4 Å². The Kier molecular flexibility index (Phi) is 4.34. The average Bonchev–Trinajstić information content (AvgIpc) is 3.02. The molecular formula is C19H21NO. The van der Waals surface area contributed by atoms with E-state index in [1.54, 1.807) is 0 Å². The van der Waals surface area contributed by atoms with E-state index in [9.17, 15) is 4.79 Å². The minimum absolute atomic E-state index is 0.0773. The van der Waals surface area contributed by atoms with Gasteiger partial charge in [0.25, 0.3) is 5.91 Å². The molecule has 1 saturated carbocycles. The third-order valence-corrected chi connectivity index (χ3v) is 4.19. The number of carbonyl (C=O) groups is 1. The van der Waals surface area contributed by atoms with Crippen molar-refractivity contribution in [3.63, 3.8) is 0 Å². The van der Waals surface area contributed by atoms with Crippen LogP contribution in [0.4, 0.5) is 0 Å². The van der Waals surface area contributed by atoms with Gasteiger partial charge < -0.3 is 5.32 Å². The second-order valence-electron chi connectivity index (χ2n) is 5.77. The maximum absolute atomic E-state index is 12.5. The van der Waals surface area contributed by atoms with E-state index in [1.165, 1.54) is 18.4 Å².